The molecular weight excluding hydrogens is 602 g/mol. The molecule has 0 saturated carbocycles. The normalized spacial score (nSPS) is 14.8. The van der Waals surface area contributed by atoms with Gasteiger partial charge in [-0.05, 0) is 109 Å². The Kier molecular flexibility index (Phi) is 9.24. The van der Waals surface area contributed by atoms with Gasteiger partial charge in [-0.15, -0.1) is 0 Å². The second kappa shape index (κ2) is 13.7. The van der Waals surface area contributed by atoms with E-state index in [0.717, 1.165) is 69.3 Å². The molecule has 0 amide bonds. The van der Waals surface area contributed by atoms with E-state index in [2.05, 4.69) is 47.9 Å². The lowest BCUT2D eigenvalue weighted by molar-refractivity contribution is -0.144. The Morgan fingerprint density at radius 2 is 1.71 bits per heavy atom. The number of oxazole rings is 1. The van der Waals surface area contributed by atoms with Gasteiger partial charge >= 0.3 is 5.97 Å². The third kappa shape index (κ3) is 6.25. The van der Waals surface area contributed by atoms with Crippen LogP contribution in [0.1, 0.15) is 50.2 Å². The van der Waals surface area contributed by atoms with E-state index in [-0.39, 0.29) is 11.9 Å². The van der Waals surface area contributed by atoms with Gasteiger partial charge in [0.25, 0.3) is 0 Å². The van der Waals surface area contributed by atoms with Crippen LogP contribution in [-0.4, -0.2) is 49.4 Å². The minimum atomic E-state index is -0.176. The largest absolute Gasteiger partial charge is 0.496 e. The Morgan fingerprint density at radius 1 is 0.979 bits per heavy atom. The number of fused-ring (bicyclic) bond motifs is 1. The number of aryl methyl sites for hydroxylation is 1. The number of nitrogens with zero attached hydrogens (tertiary/aromatic N) is 3. The Morgan fingerprint density at radius 3 is 2.44 bits per heavy atom. The molecule has 1 saturated heterocycles. The first-order valence-electron chi connectivity index (χ1n) is 15.9. The van der Waals surface area contributed by atoms with Crippen LogP contribution >= 0.6 is 0 Å². The zero-order valence-corrected chi connectivity index (χ0v) is 27.8. The number of carbonyl (C=O) groups is 2. The summed E-state index contributed by atoms with van der Waals surface area (Å²) in [5.41, 5.74) is 11.2. The topological polar surface area (TPSA) is 86.2 Å². The Bertz CT molecular complexity index is 2120. The van der Waals surface area contributed by atoms with Gasteiger partial charge in [-0.3, -0.25) is 14.5 Å². The minimum absolute atomic E-state index is 0.122. The molecule has 48 heavy (non-hydrogen) atoms. The molecule has 0 spiro atoms. The Hall–Kier alpha value is -5.52. The van der Waals surface area contributed by atoms with E-state index in [1.165, 1.54) is 7.11 Å². The van der Waals surface area contributed by atoms with Gasteiger partial charge in [0.2, 0.25) is 11.6 Å². The zero-order chi connectivity index (χ0) is 33.9. The number of methoxy groups -OCH3 is 2. The lowest BCUT2D eigenvalue weighted by atomic mass is 9.91. The summed E-state index contributed by atoms with van der Waals surface area (Å²) in [6, 6.07) is 19.9. The summed E-state index contributed by atoms with van der Waals surface area (Å²) < 4.78 is 16.6. The number of benzene rings is 4. The third-order valence-corrected chi connectivity index (χ3v) is 9.28. The molecular formula is C40H37N3O5. The lowest BCUT2D eigenvalue weighted by Gasteiger charge is -2.15. The van der Waals surface area contributed by atoms with Gasteiger partial charge in [0.05, 0.1) is 37.8 Å². The van der Waals surface area contributed by atoms with Crippen LogP contribution in [0.25, 0.3) is 50.7 Å². The van der Waals surface area contributed by atoms with Gasteiger partial charge in [0.1, 0.15) is 5.75 Å². The number of aldehydes is 1. The van der Waals surface area contributed by atoms with Gasteiger partial charge in [0.15, 0.2) is 11.9 Å². The van der Waals surface area contributed by atoms with Crippen LogP contribution in [0, 0.1) is 33.3 Å². The van der Waals surface area contributed by atoms with Crippen LogP contribution in [0.5, 0.6) is 5.75 Å². The number of hydrogen-bond donors (Lipinski definition) is 0. The fourth-order valence-electron chi connectivity index (χ4n) is 6.59. The van der Waals surface area contributed by atoms with Crippen LogP contribution < -0.4 is 4.74 Å². The molecule has 1 aromatic heterocycles. The molecule has 4 aromatic carbocycles. The fraction of sp³-hybridized carbons (Fsp3) is 0.250. The molecule has 1 aliphatic heterocycles. The van der Waals surface area contributed by atoms with Crippen molar-refractivity contribution in [1.82, 2.24) is 9.88 Å². The zero-order valence-electron chi connectivity index (χ0n) is 27.8. The predicted octanol–water partition coefficient (Wildman–Crippen LogP) is 8.62. The van der Waals surface area contributed by atoms with Crippen molar-refractivity contribution < 1.29 is 23.5 Å². The van der Waals surface area contributed by atoms with E-state index >= 15 is 0 Å². The van der Waals surface area contributed by atoms with Crippen LogP contribution in [0.15, 0.2) is 65.1 Å². The van der Waals surface area contributed by atoms with E-state index < -0.39 is 0 Å². The number of aromatic nitrogens is 1. The number of carbonyl (C=O) groups excluding carboxylic acids is 2. The van der Waals surface area contributed by atoms with Gasteiger partial charge in [-0.1, -0.05) is 42.5 Å². The van der Waals surface area contributed by atoms with E-state index in [1.54, 1.807) is 7.11 Å². The molecule has 0 unspecified atom stereocenters. The molecule has 2 heterocycles. The summed E-state index contributed by atoms with van der Waals surface area (Å²) in [6.45, 7) is 16.0. The van der Waals surface area contributed by atoms with Gasteiger partial charge in [0, 0.05) is 18.7 Å². The molecule has 0 N–H and O–H groups in total. The molecule has 0 bridgehead atoms. The van der Waals surface area contributed by atoms with Crippen molar-refractivity contribution in [3.8, 4) is 28.3 Å². The quantitative estimate of drug-likeness (QED) is 0.0691. The number of hydrogen-bond acceptors (Lipinski definition) is 7. The van der Waals surface area contributed by atoms with Crippen molar-refractivity contribution in [1.29, 1.82) is 0 Å². The summed E-state index contributed by atoms with van der Waals surface area (Å²) >= 11 is 0. The van der Waals surface area contributed by atoms with Crippen molar-refractivity contribution >= 4 is 41.2 Å². The minimum Gasteiger partial charge on any atom is -0.496 e. The summed E-state index contributed by atoms with van der Waals surface area (Å²) in [5.74, 6) is 0.719. The summed E-state index contributed by atoms with van der Waals surface area (Å²) in [6.07, 6.45) is 5.70. The lowest BCUT2D eigenvalue weighted by Crippen LogP contribution is -2.23. The average molecular weight is 640 g/mol. The predicted molar refractivity (Wildman–Crippen MR) is 188 cm³/mol. The standard InChI is InChI=1S/C40H37N3O5/c1-24-17-31(23-44)37(46-5)20-29(24)14-13-28-9-7-10-32(25(28)2)33-11-8-12-34(26(33)3)39-42-36-19-27(18-35(41-4)38(36)48-39)21-43-16-15-30(22-43)40(45)47-6/h7-14,17-20,23,30H,15-16,21-22H2,1-3,5-6H3/b14-13+/t30-/m1/s1. The summed E-state index contributed by atoms with van der Waals surface area (Å²) in [7, 11) is 2.99. The molecule has 6 rings (SSSR count). The van der Waals surface area contributed by atoms with Crippen LogP contribution in [-0.2, 0) is 16.1 Å². The van der Waals surface area contributed by atoms with Gasteiger partial charge < -0.3 is 13.9 Å². The first kappa shape index (κ1) is 32.4. The molecule has 8 nitrogen and oxygen atoms in total. The fourth-order valence-corrected chi connectivity index (χ4v) is 6.59. The second-order valence-corrected chi connectivity index (χ2v) is 12.2. The maximum Gasteiger partial charge on any atom is 0.310 e. The maximum absolute atomic E-state index is 12.0. The summed E-state index contributed by atoms with van der Waals surface area (Å²) in [5, 5.41) is 0. The molecule has 0 radical (unpaired) electrons. The molecule has 8 heteroatoms. The highest BCUT2D eigenvalue weighted by atomic mass is 16.5. The van der Waals surface area contributed by atoms with Crippen molar-refractivity contribution in [3.05, 3.63) is 111 Å². The van der Waals surface area contributed by atoms with Crippen molar-refractivity contribution in [2.75, 3.05) is 27.3 Å². The van der Waals surface area contributed by atoms with Gasteiger partial charge in [-0.2, -0.15) is 0 Å². The van der Waals surface area contributed by atoms with Crippen LogP contribution in [0.2, 0.25) is 0 Å². The smallest absolute Gasteiger partial charge is 0.310 e. The first-order valence-corrected chi connectivity index (χ1v) is 15.9. The van der Waals surface area contributed by atoms with Crippen LogP contribution in [0.3, 0.4) is 0 Å². The van der Waals surface area contributed by atoms with Crippen molar-refractivity contribution in [2.45, 2.75) is 33.7 Å². The average Bonchev–Trinajstić information content (AvgIpc) is 3.75. The molecule has 0 aliphatic carbocycles. The van der Waals surface area contributed by atoms with E-state index in [9.17, 15) is 9.59 Å². The number of rotatable bonds is 9. The SMILES string of the molecule is [C-]#[N+]c1cc(CN2CC[C@@H](C(=O)OC)C2)cc2nc(-c3cccc(-c4cccc(/C=C/c5cc(OC)c(C=O)cc5C)c4C)c3C)oc12. The highest BCUT2D eigenvalue weighted by Crippen LogP contribution is 2.38. The van der Waals surface area contributed by atoms with Crippen molar-refractivity contribution in [3.63, 3.8) is 0 Å². The highest BCUT2D eigenvalue weighted by molar-refractivity contribution is 5.90. The monoisotopic (exact) mass is 639 g/mol. The molecule has 1 fully saturated rings. The van der Waals surface area contributed by atoms with Crippen molar-refractivity contribution in [2.24, 2.45) is 5.92 Å². The third-order valence-electron chi connectivity index (χ3n) is 9.28. The van der Waals surface area contributed by atoms with Crippen LogP contribution in [0.4, 0.5) is 5.69 Å². The Balaban J connectivity index is 1.31. The molecule has 1 atom stereocenters. The van der Waals surface area contributed by atoms with E-state index in [4.69, 9.17) is 25.4 Å². The molecule has 5 aromatic rings. The maximum atomic E-state index is 12.0. The van der Waals surface area contributed by atoms with E-state index in [0.29, 0.717) is 47.1 Å². The highest BCUT2D eigenvalue weighted by Gasteiger charge is 2.29. The number of likely N-dealkylation sites (tertiary alicyclic amines) is 1. The summed E-state index contributed by atoms with van der Waals surface area (Å²) in [4.78, 5) is 34.3. The first-order chi connectivity index (χ1) is 23.2. The van der Waals surface area contributed by atoms with E-state index in [1.807, 2.05) is 55.5 Å². The number of esters is 1. The number of ether oxygens (including phenoxy) is 2. The van der Waals surface area contributed by atoms with Gasteiger partial charge in [-0.25, -0.2) is 9.83 Å². The molecule has 242 valence electrons. The second-order valence-electron chi connectivity index (χ2n) is 12.2. The molecule has 1 aliphatic rings. The Labute approximate surface area is 280 Å².